The highest BCUT2D eigenvalue weighted by atomic mass is 16.5. The lowest BCUT2D eigenvalue weighted by atomic mass is 10.1. The largest absolute Gasteiger partial charge is 0.457 e. The minimum absolute atomic E-state index is 0.662. The van der Waals surface area contributed by atoms with Gasteiger partial charge in [-0.15, -0.1) is 0 Å². The normalized spacial score (nSPS) is 10.8. The van der Waals surface area contributed by atoms with Crippen molar-refractivity contribution in [3.63, 3.8) is 0 Å². The van der Waals surface area contributed by atoms with E-state index in [1.807, 2.05) is 48.7 Å². The summed E-state index contributed by atoms with van der Waals surface area (Å²) in [5.74, 6) is 1.68. The Bertz CT molecular complexity index is 674. The van der Waals surface area contributed by atoms with Gasteiger partial charge in [0.15, 0.2) is 0 Å². The summed E-state index contributed by atoms with van der Waals surface area (Å²) in [6.07, 6.45) is 2.91. The third-order valence-corrected chi connectivity index (χ3v) is 3.13. The summed E-state index contributed by atoms with van der Waals surface area (Å²) < 4.78 is 5.81. The Morgan fingerprint density at radius 1 is 1.00 bits per heavy atom. The van der Waals surface area contributed by atoms with E-state index in [1.165, 1.54) is 10.9 Å². The Labute approximate surface area is 112 Å². The standard InChI is InChI=1S/C16H16N2O/c17-9-8-12-11-18-16-10-14(6-7-15(12)16)19-13-4-2-1-3-5-13/h1-7,10-11,18H,8-9,17H2. The minimum Gasteiger partial charge on any atom is -0.457 e. The molecule has 0 unspecified atom stereocenters. The van der Waals surface area contributed by atoms with Crippen LogP contribution in [0.25, 0.3) is 10.9 Å². The molecule has 1 aromatic heterocycles. The van der Waals surface area contributed by atoms with Crippen LogP contribution in [0.3, 0.4) is 0 Å². The maximum atomic E-state index is 5.81. The van der Waals surface area contributed by atoms with E-state index in [4.69, 9.17) is 10.5 Å². The SMILES string of the molecule is NCCc1c[nH]c2cc(Oc3ccccc3)ccc12. The van der Waals surface area contributed by atoms with Crippen molar-refractivity contribution in [2.24, 2.45) is 5.73 Å². The van der Waals surface area contributed by atoms with Gasteiger partial charge in [0.05, 0.1) is 0 Å². The van der Waals surface area contributed by atoms with Crippen molar-refractivity contribution in [2.45, 2.75) is 6.42 Å². The topological polar surface area (TPSA) is 51.0 Å². The summed E-state index contributed by atoms with van der Waals surface area (Å²) in [6.45, 7) is 0.662. The first-order valence-electron chi connectivity index (χ1n) is 6.40. The van der Waals surface area contributed by atoms with Gasteiger partial charge in [-0.1, -0.05) is 18.2 Å². The number of hydrogen-bond acceptors (Lipinski definition) is 2. The molecule has 1 heterocycles. The Kier molecular flexibility index (Phi) is 3.21. The zero-order valence-corrected chi connectivity index (χ0v) is 10.6. The molecule has 0 bridgehead atoms. The van der Waals surface area contributed by atoms with E-state index in [0.717, 1.165) is 23.4 Å². The number of nitrogens with two attached hydrogens (primary N) is 1. The monoisotopic (exact) mass is 252 g/mol. The van der Waals surface area contributed by atoms with E-state index in [1.54, 1.807) is 0 Å². The van der Waals surface area contributed by atoms with Crippen LogP contribution in [-0.4, -0.2) is 11.5 Å². The van der Waals surface area contributed by atoms with Gasteiger partial charge in [-0.3, -0.25) is 0 Å². The van der Waals surface area contributed by atoms with Crippen LogP contribution in [0, 0.1) is 0 Å². The fraction of sp³-hybridized carbons (Fsp3) is 0.125. The van der Waals surface area contributed by atoms with Gasteiger partial charge in [-0.05, 0) is 42.8 Å². The smallest absolute Gasteiger partial charge is 0.129 e. The number of H-pyrrole nitrogens is 1. The minimum atomic E-state index is 0.662. The average molecular weight is 252 g/mol. The fourth-order valence-corrected chi connectivity index (χ4v) is 2.22. The number of benzene rings is 2. The predicted molar refractivity (Wildman–Crippen MR) is 77.6 cm³/mol. The molecule has 19 heavy (non-hydrogen) atoms. The van der Waals surface area contributed by atoms with Crippen LogP contribution in [-0.2, 0) is 6.42 Å². The summed E-state index contributed by atoms with van der Waals surface area (Å²) in [4.78, 5) is 3.26. The molecule has 0 radical (unpaired) electrons. The van der Waals surface area contributed by atoms with Crippen molar-refractivity contribution in [2.75, 3.05) is 6.54 Å². The summed E-state index contributed by atoms with van der Waals surface area (Å²) in [5.41, 5.74) is 7.94. The van der Waals surface area contributed by atoms with Crippen LogP contribution < -0.4 is 10.5 Å². The van der Waals surface area contributed by atoms with E-state index < -0.39 is 0 Å². The molecule has 3 rings (SSSR count). The van der Waals surface area contributed by atoms with Crippen LogP contribution in [0.5, 0.6) is 11.5 Å². The summed E-state index contributed by atoms with van der Waals surface area (Å²) >= 11 is 0. The van der Waals surface area contributed by atoms with E-state index in [9.17, 15) is 0 Å². The molecule has 3 aromatic rings. The number of nitrogens with one attached hydrogen (secondary N) is 1. The van der Waals surface area contributed by atoms with Gasteiger partial charge in [0, 0.05) is 23.2 Å². The first-order chi connectivity index (χ1) is 9.36. The van der Waals surface area contributed by atoms with Gasteiger partial charge >= 0.3 is 0 Å². The number of aromatic amines is 1. The van der Waals surface area contributed by atoms with Crippen LogP contribution in [0.15, 0.2) is 54.7 Å². The molecule has 0 spiro atoms. The summed E-state index contributed by atoms with van der Waals surface area (Å²) in [5, 5.41) is 1.21. The Morgan fingerprint density at radius 3 is 2.63 bits per heavy atom. The van der Waals surface area contributed by atoms with Crippen molar-refractivity contribution in [1.29, 1.82) is 0 Å². The van der Waals surface area contributed by atoms with Crippen LogP contribution in [0.1, 0.15) is 5.56 Å². The Morgan fingerprint density at radius 2 is 1.84 bits per heavy atom. The number of aromatic nitrogens is 1. The number of fused-ring (bicyclic) bond motifs is 1. The number of para-hydroxylation sites is 1. The molecule has 96 valence electrons. The molecule has 0 saturated heterocycles. The van der Waals surface area contributed by atoms with E-state index in [-0.39, 0.29) is 0 Å². The summed E-state index contributed by atoms with van der Waals surface area (Å²) in [7, 11) is 0. The Balaban J connectivity index is 1.90. The molecule has 0 aliphatic rings. The lowest BCUT2D eigenvalue weighted by Crippen LogP contribution is -2.01. The fourth-order valence-electron chi connectivity index (χ4n) is 2.22. The average Bonchev–Trinajstić information content (AvgIpc) is 2.83. The molecule has 3 heteroatoms. The number of hydrogen-bond donors (Lipinski definition) is 2. The third-order valence-electron chi connectivity index (χ3n) is 3.13. The van der Waals surface area contributed by atoms with Gasteiger partial charge in [-0.25, -0.2) is 0 Å². The lowest BCUT2D eigenvalue weighted by molar-refractivity contribution is 0.483. The zero-order chi connectivity index (χ0) is 13.1. The molecule has 0 saturated carbocycles. The molecular weight excluding hydrogens is 236 g/mol. The van der Waals surface area contributed by atoms with Crippen LogP contribution in [0.4, 0.5) is 0 Å². The van der Waals surface area contributed by atoms with Crippen molar-refractivity contribution in [3.8, 4) is 11.5 Å². The maximum Gasteiger partial charge on any atom is 0.129 e. The lowest BCUT2D eigenvalue weighted by Gasteiger charge is -2.05. The molecule has 3 nitrogen and oxygen atoms in total. The van der Waals surface area contributed by atoms with Gasteiger partial charge in [0.2, 0.25) is 0 Å². The molecule has 3 N–H and O–H groups in total. The molecule has 0 amide bonds. The number of ether oxygens (including phenoxy) is 1. The van der Waals surface area contributed by atoms with Crippen molar-refractivity contribution < 1.29 is 4.74 Å². The van der Waals surface area contributed by atoms with E-state index in [2.05, 4.69) is 11.1 Å². The van der Waals surface area contributed by atoms with Gasteiger partial charge in [-0.2, -0.15) is 0 Å². The van der Waals surface area contributed by atoms with Crippen molar-refractivity contribution >= 4 is 10.9 Å². The summed E-state index contributed by atoms with van der Waals surface area (Å²) in [6, 6.07) is 15.9. The molecule has 0 aliphatic heterocycles. The molecule has 0 atom stereocenters. The maximum absolute atomic E-state index is 5.81. The molecular formula is C16H16N2O. The van der Waals surface area contributed by atoms with Crippen molar-refractivity contribution in [3.05, 3.63) is 60.3 Å². The van der Waals surface area contributed by atoms with E-state index in [0.29, 0.717) is 6.54 Å². The first-order valence-corrected chi connectivity index (χ1v) is 6.40. The zero-order valence-electron chi connectivity index (χ0n) is 10.6. The highest BCUT2D eigenvalue weighted by Gasteiger charge is 2.04. The third kappa shape index (κ3) is 2.46. The first kappa shape index (κ1) is 11.8. The second-order valence-corrected chi connectivity index (χ2v) is 4.48. The van der Waals surface area contributed by atoms with Gasteiger partial charge in [0.25, 0.3) is 0 Å². The van der Waals surface area contributed by atoms with Gasteiger partial charge in [0.1, 0.15) is 11.5 Å². The molecule has 0 fully saturated rings. The van der Waals surface area contributed by atoms with Crippen molar-refractivity contribution in [1.82, 2.24) is 4.98 Å². The molecule has 0 aliphatic carbocycles. The van der Waals surface area contributed by atoms with Gasteiger partial charge < -0.3 is 15.5 Å². The second-order valence-electron chi connectivity index (χ2n) is 4.48. The van der Waals surface area contributed by atoms with Crippen LogP contribution in [0.2, 0.25) is 0 Å². The highest BCUT2D eigenvalue weighted by molar-refractivity contribution is 5.84. The molecule has 2 aromatic carbocycles. The quantitative estimate of drug-likeness (QED) is 0.747. The highest BCUT2D eigenvalue weighted by Crippen LogP contribution is 2.26. The second kappa shape index (κ2) is 5.16. The van der Waals surface area contributed by atoms with E-state index >= 15 is 0 Å². The number of rotatable bonds is 4. The Hall–Kier alpha value is -2.26. The predicted octanol–water partition coefficient (Wildman–Crippen LogP) is 3.46. The van der Waals surface area contributed by atoms with Crippen LogP contribution >= 0.6 is 0 Å².